The average Bonchev–Trinajstić information content (AvgIpc) is 3.89. The largest absolute Gasteiger partial charge is 0.332 e. The van der Waals surface area contributed by atoms with Crippen LogP contribution in [0.1, 0.15) is 45.7 Å². The minimum Gasteiger partial charge on any atom is -0.332 e. The standard InChI is InChI=1S/C41H31N2S.C18H24NSi.Ir/c1-41(2,3)31-24-32(27-14-6-4-7-15-27)39(33(25-31)28-16-8-5-9-17-28)43-37-21-13-12-20-36(37)42-40(43)35-26-44-38-23-30-19-11-10-18-29(30)22-34(35)38;1-14(2)11-16-12-17(15-9-7-6-8-10-15)19-13-18(16)20(3,4)5;/h4-25H,1-3H3;6-9,12-14H,11H2,1-5H3;/q2*-1;. The molecule has 327 valence electrons. The van der Waals surface area contributed by atoms with Crippen LogP contribution in [0.2, 0.25) is 19.6 Å². The van der Waals surface area contributed by atoms with Gasteiger partial charge in [0, 0.05) is 37.4 Å². The Hall–Kier alpha value is -5.75. The van der Waals surface area contributed by atoms with E-state index in [-0.39, 0.29) is 25.5 Å². The zero-order valence-corrected chi connectivity index (χ0v) is 42.7. The number of para-hydroxylation sites is 2. The topological polar surface area (TPSA) is 30.7 Å². The molecule has 1 radical (unpaired) electrons. The molecule has 3 aromatic heterocycles. The Balaban J connectivity index is 0.000000232. The molecule has 0 fully saturated rings. The molecule has 0 unspecified atom stereocenters. The molecule has 10 aromatic rings. The van der Waals surface area contributed by atoms with Crippen LogP contribution in [0.3, 0.4) is 0 Å². The van der Waals surface area contributed by atoms with E-state index in [1.807, 2.05) is 18.2 Å². The van der Waals surface area contributed by atoms with Crippen LogP contribution in [0.4, 0.5) is 0 Å². The van der Waals surface area contributed by atoms with Gasteiger partial charge in [-0.3, -0.25) is 16.3 Å². The molecule has 0 atom stereocenters. The fraction of sp³-hybridized carbons (Fsp3) is 0.186. The van der Waals surface area contributed by atoms with E-state index in [1.54, 1.807) is 11.3 Å². The number of fused-ring (bicyclic) bond motifs is 3. The Morgan fingerprint density at radius 3 is 1.89 bits per heavy atom. The summed E-state index contributed by atoms with van der Waals surface area (Å²) in [5, 5.41) is 8.82. The van der Waals surface area contributed by atoms with Crippen molar-refractivity contribution in [2.75, 3.05) is 0 Å². The van der Waals surface area contributed by atoms with Gasteiger partial charge < -0.3 is 9.55 Å². The van der Waals surface area contributed by atoms with Gasteiger partial charge in [-0.25, -0.2) is 0 Å². The third kappa shape index (κ3) is 9.64. The molecule has 10 rings (SSSR count). The van der Waals surface area contributed by atoms with Gasteiger partial charge in [-0.2, -0.15) is 0 Å². The van der Waals surface area contributed by atoms with Gasteiger partial charge in [0.15, 0.2) is 0 Å². The predicted octanol–water partition coefficient (Wildman–Crippen LogP) is 15.8. The van der Waals surface area contributed by atoms with E-state index in [0.29, 0.717) is 5.92 Å². The first-order valence-corrected chi connectivity index (χ1v) is 26.7. The van der Waals surface area contributed by atoms with Gasteiger partial charge in [-0.1, -0.05) is 191 Å². The van der Waals surface area contributed by atoms with Crippen LogP contribution in [-0.4, -0.2) is 22.6 Å². The number of aromatic nitrogens is 3. The summed E-state index contributed by atoms with van der Waals surface area (Å²) < 4.78 is 3.60. The van der Waals surface area contributed by atoms with E-state index < -0.39 is 8.07 Å². The van der Waals surface area contributed by atoms with Crippen LogP contribution >= 0.6 is 11.3 Å². The maximum atomic E-state index is 5.34. The van der Waals surface area contributed by atoms with Crippen LogP contribution in [0, 0.1) is 17.4 Å². The minimum atomic E-state index is -1.34. The summed E-state index contributed by atoms with van der Waals surface area (Å²) in [5.74, 6) is 1.57. The van der Waals surface area contributed by atoms with E-state index in [2.05, 4.69) is 227 Å². The molecule has 0 saturated carbocycles. The molecule has 0 bridgehead atoms. The van der Waals surface area contributed by atoms with Crippen LogP contribution in [0.5, 0.6) is 0 Å². The van der Waals surface area contributed by atoms with Crippen molar-refractivity contribution >= 4 is 56.5 Å². The summed E-state index contributed by atoms with van der Waals surface area (Å²) in [7, 11) is -1.34. The van der Waals surface area contributed by atoms with Gasteiger partial charge in [-0.05, 0) is 80.4 Å². The number of rotatable bonds is 8. The van der Waals surface area contributed by atoms with Crippen LogP contribution in [-0.2, 0) is 31.9 Å². The van der Waals surface area contributed by atoms with Gasteiger partial charge >= 0.3 is 0 Å². The summed E-state index contributed by atoms with van der Waals surface area (Å²) in [4.78, 5) is 10.0. The second-order valence-electron chi connectivity index (χ2n) is 19.3. The smallest absolute Gasteiger partial charge is 0.0798 e. The molecule has 0 saturated heterocycles. The molecule has 0 aliphatic heterocycles. The molecule has 7 aromatic carbocycles. The van der Waals surface area contributed by atoms with Gasteiger partial charge in [0.1, 0.15) is 0 Å². The summed E-state index contributed by atoms with van der Waals surface area (Å²) in [5.41, 5.74) is 13.8. The van der Waals surface area contributed by atoms with Gasteiger partial charge in [-0.15, -0.1) is 41.3 Å². The number of thiophene rings is 1. The molecule has 0 N–H and O–H groups in total. The summed E-state index contributed by atoms with van der Waals surface area (Å²) in [6, 6.07) is 61.6. The molecule has 0 aliphatic carbocycles. The first kappa shape index (κ1) is 45.8. The SMILES string of the molecule is CC(C)(C)c1cc(-c2ccccc2)c(-n2c(-c3[c-]sc4cc5ccccc5cc34)nc3ccccc32)c(-c2ccccc2)c1.CC(C)Cc1cc(-c2[c-]cccc2)ncc1[Si](C)(C)C.[Ir]. The van der Waals surface area contributed by atoms with Crippen molar-refractivity contribution in [1.82, 2.24) is 14.5 Å². The fourth-order valence-electron chi connectivity index (χ4n) is 8.71. The van der Waals surface area contributed by atoms with Crippen molar-refractivity contribution in [1.29, 1.82) is 0 Å². The van der Waals surface area contributed by atoms with Gasteiger partial charge in [0.2, 0.25) is 0 Å². The van der Waals surface area contributed by atoms with Gasteiger partial charge in [0.05, 0.1) is 30.6 Å². The molecule has 0 amide bonds. The molecular weight excluding hydrogens is 1000 g/mol. The first-order valence-electron chi connectivity index (χ1n) is 22.4. The van der Waals surface area contributed by atoms with Crippen molar-refractivity contribution < 1.29 is 20.1 Å². The Bertz CT molecular complexity index is 3170. The number of nitrogens with zero attached hydrogens (tertiary/aromatic N) is 3. The van der Waals surface area contributed by atoms with Crippen molar-refractivity contribution in [2.24, 2.45) is 5.92 Å². The minimum absolute atomic E-state index is 0. The Morgan fingerprint density at radius 2 is 1.29 bits per heavy atom. The van der Waals surface area contributed by atoms with Crippen molar-refractivity contribution in [3.05, 3.63) is 193 Å². The quantitative estimate of drug-likeness (QED) is 0.112. The number of benzene rings is 7. The maximum absolute atomic E-state index is 5.34. The van der Waals surface area contributed by atoms with Crippen molar-refractivity contribution in [3.63, 3.8) is 0 Å². The molecule has 0 aliphatic rings. The van der Waals surface area contributed by atoms with E-state index in [1.165, 1.54) is 59.4 Å². The van der Waals surface area contributed by atoms with Crippen LogP contribution in [0.25, 0.3) is 82.5 Å². The third-order valence-corrected chi connectivity index (χ3v) is 14.9. The second kappa shape index (κ2) is 19.0. The van der Waals surface area contributed by atoms with Crippen LogP contribution < -0.4 is 5.19 Å². The summed E-state index contributed by atoms with van der Waals surface area (Å²) in [6.07, 6.45) is 3.24. The number of imidazole rings is 1. The van der Waals surface area contributed by atoms with Crippen molar-refractivity contribution in [3.8, 4) is 50.6 Å². The van der Waals surface area contributed by atoms with Crippen LogP contribution in [0.15, 0.2) is 170 Å². The summed E-state index contributed by atoms with van der Waals surface area (Å²) >= 11 is 1.67. The first-order chi connectivity index (χ1) is 30.8. The number of hydrogen-bond acceptors (Lipinski definition) is 3. The normalized spacial score (nSPS) is 11.8. The van der Waals surface area contributed by atoms with E-state index in [4.69, 9.17) is 4.98 Å². The summed E-state index contributed by atoms with van der Waals surface area (Å²) in [6.45, 7) is 18.6. The van der Waals surface area contributed by atoms with E-state index in [9.17, 15) is 0 Å². The third-order valence-electron chi connectivity index (χ3n) is 11.9. The molecule has 65 heavy (non-hydrogen) atoms. The Kier molecular flexibility index (Phi) is 13.4. The molecule has 3 nitrogen and oxygen atoms in total. The van der Waals surface area contributed by atoms with E-state index in [0.717, 1.165) is 45.8 Å². The molecule has 0 spiro atoms. The monoisotopic (exact) mass is 1060 g/mol. The van der Waals surface area contributed by atoms with Gasteiger partial charge in [0.25, 0.3) is 0 Å². The zero-order chi connectivity index (χ0) is 44.6. The maximum Gasteiger partial charge on any atom is 0.0798 e. The predicted molar refractivity (Wildman–Crippen MR) is 278 cm³/mol. The zero-order valence-electron chi connectivity index (χ0n) is 38.5. The molecule has 3 heterocycles. The average molecular weight is 1060 g/mol. The number of hydrogen-bond donors (Lipinski definition) is 0. The fourth-order valence-corrected chi connectivity index (χ4v) is 11.2. The van der Waals surface area contributed by atoms with E-state index >= 15 is 0 Å². The Labute approximate surface area is 403 Å². The second-order valence-corrected chi connectivity index (χ2v) is 25.2. The molecule has 6 heteroatoms. The molecular formula is C59H55IrN3SSi-2. The Morgan fingerprint density at radius 1 is 0.692 bits per heavy atom. The number of pyridine rings is 1. The van der Waals surface area contributed by atoms with Crippen molar-refractivity contribution in [2.45, 2.75) is 66.1 Å².